The number of hydrogen-bond acceptors (Lipinski definition) is 3. The van der Waals surface area contributed by atoms with Gasteiger partial charge in [0, 0.05) is 12.2 Å². The van der Waals surface area contributed by atoms with E-state index in [4.69, 9.17) is 11.6 Å². The molecule has 0 aromatic carbocycles. The number of Topliss-reactive ketones (excluding diaryl/α,β-unsaturated/α-hetero) is 1. The zero-order valence-corrected chi connectivity index (χ0v) is 8.62. The topological polar surface area (TPSA) is 60.2 Å². The molecule has 0 saturated carbocycles. The lowest BCUT2D eigenvalue weighted by molar-refractivity contribution is -0.419. The van der Waals surface area contributed by atoms with Crippen LogP contribution in [0.2, 0.25) is 0 Å². The number of alkyl halides is 1. The molecular formula is C9H10ClNO3. The van der Waals surface area contributed by atoms with Crippen molar-refractivity contribution in [3.8, 4) is 0 Å². The quantitative estimate of drug-likeness (QED) is 0.402. The van der Waals surface area contributed by atoms with E-state index < -0.39 is 15.7 Å². The molecular weight excluding hydrogens is 206 g/mol. The van der Waals surface area contributed by atoms with Gasteiger partial charge in [0.05, 0.1) is 15.7 Å². The first-order valence-corrected chi connectivity index (χ1v) is 4.47. The standard InChI is InChI=1S/C9H10ClNO3/c1-6(12)8-4-3-7(11(13)14)5-9(8,2)10/h3-5,8H,1-2H3. The normalized spacial score (nSPS) is 31.1. The Hall–Kier alpha value is -1.16. The molecule has 0 bridgehead atoms. The molecule has 76 valence electrons. The minimum absolute atomic E-state index is 0.0694. The third kappa shape index (κ3) is 2.01. The number of nitro groups is 1. The van der Waals surface area contributed by atoms with Crippen LogP contribution in [-0.4, -0.2) is 15.6 Å². The van der Waals surface area contributed by atoms with Crippen molar-refractivity contribution < 1.29 is 9.72 Å². The van der Waals surface area contributed by atoms with Gasteiger partial charge in [-0.2, -0.15) is 0 Å². The second-order valence-corrected chi connectivity index (χ2v) is 4.24. The van der Waals surface area contributed by atoms with Crippen molar-refractivity contribution >= 4 is 17.4 Å². The molecule has 1 rings (SSSR count). The predicted molar refractivity (Wildman–Crippen MR) is 52.6 cm³/mol. The summed E-state index contributed by atoms with van der Waals surface area (Å²) in [6.45, 7) is 3.01. The molecule has 0 spiro atoms. The molecule has 0 aliphatic heterocycles. The SMILES string of the molecule is CC(=O)C1C=CC([N+](=O)[O-])=CC1(C)Cl. The summed E-state index contributed by atoms with van der Waals surface area (Å²) in [5.74, 6) is -0.592. The molecule has 0 aromatic rings. The van der Waals surface area contributed by atoms with Crippen molar-refractivity contribution in [2.45, 2.75) is 18.7 Å². The van der Waals surface area contributed by atoms with E-state index in [0.717, 1.165) is 0 Å². The highest BCUT2D eigenvalue weighted by Crippen LogP contribution is 2.33. The second kappa shape index (κ2) is 3.53. The van der Waals surface area contributed by atoms with Gasteiger partial charge in [-0.15, -0.1) is 11.6 Å². The summed E-state index contributed by atoms with van der Waals surface area (Å²) in [5, 5.41) is 10.5. The molecule has 1 aliphatic rings. The number of ketones is 1. The van der Waals surface area contributed by atoms with Gasteiger partial charge in [-0.25, -0.2) is 0 Å². The number of carbonyl (C=O) groups is 1. The Kier molecular flexibility index (Phi) is 2.76. The average Bonchev–Trinajstić information content (AvgIpc) is 2.01. The number of carbonyl (C=O) groups excluding carboxylic acids is 1. The highest BCUT2D eigenvalue weighted by Gasteiger charge is 2.36. The second-order valence-electron chi connectivity index (χ2n) is 3.42. The van der Waals surface area contributed by atoms with Gasteiger partial charge in [-0.3, -0.25) is 14.9 Å². The van der Waals surface area contributed by atoms with E-state index in [2.05, 4.69) is 0 Å². The minimum atomic E-state index is -0.997. The maximum Gasteiger partial charge on any atom is 0.266 e. The van der Waals surface area contributed by atoms with E-state index in [-0.39, 0.29) is 11.5 Å². The monoisotopic (exact) mass is 215 g/mol. The lowest BCUT2D eigenvalue weighted by Crippen LogP contribution is -2.33. The first-order valence-electron chi connectivity index (χ1n) is 4.09. The van der Waals surface area contributed by atoms with Gasteiger partial charge < -0.3 is 0 Å². The highest BCUT2D eigenvalue weighted by molar-refractivity contribution is 6.27. The molecule has 0 amide bonds. The van der Waals surface area contributed by atoms with Crippen molar-refractivity contribution in [2.75, 3.05) is 0 Å². The summed E-state index contributed by atoms with van der Waals surface area (Å²) in [6.07, 6.45) is 4.10. The Morgan fingerprint density at radius 2 is 2.29 bits per heavy atom. The lowest BCUT2D eigenvalue weighted by atomic mass is 9.85. The summed E-state index contributed by atoms with van der Waals surface area (Å²) in [7, 11) is 0. The summed E-state index contributed by atoms with van der Waals surface area (Å²) in [6, 6.07) is 0. The third-order valence-corrected chi connectivity index (χ3v) is 2.49. The smallest absolute Gasteiger partial charge is 0.266 e. The molecule has 5 heteroatoms. The van der Waals surface area contributed by atoms with Gasteiger partial charge in [0.15, 0.2) is 0 Å². The molecule has 14 heavy (non-hydrogen) atoms. The molecule has 0 fully saturated rings. The van der Waals surface area contributed by atoms with Gasteiger partial charge in [-0.05, 0) is 13.8 Å². The summed E-state index contributed by atoms with van der Waals surface area (Å²) >= 11 is 6.02. The minimum Gasteiger partial charge on any atom is -0.299 e. The van der Waals surface area contributed by atoms with E-state index in [9.17, 15) is 14.9 Å². The number of allylic oxidation sites excluding steroid dienone is 3. The van der Waals surface area contributed by atoms with Gasteiger partial charge in [-0.1, -0.05) is 6.08 Å². The number of hydrogen-bond donors (Lipinski definition) is 0. The fraction of sp³-hybridized carbons (Fsp3) is 0.444. The predicted octanol–water partition coefficient (Wildman–Crippen LogP) is 1.92. The average molecular weight is 216 g/mol. The van der Waals surface area contributed by atoms with Crippen molar-refractivity contribution in [3.05, 3.63) is 34.0 Å². The van der Waals surface area contributed by atoms with Crippen molar-refractivity contribution in [1.82, 2.24) is 0 Å². The first-order chi connectivity index (χ1) is 6.34. The molecule has 0 saturated heterocycles. The lowest BCUT2D eigenvalue weighted by Gasteiger charge is -2.26. The van der Waals surface area contributed by atoms with Crippen molar-refractivity contribution in [1.29, 1.82) is 0 Å². The van der Waals surface area contributed by atoms with Crippen LogP contribution >= 0.6 is 11.6 Å². The van der Waals surface area contributed by atoms with Gasteiger partial charge in [0.2, 0.25) is 0 Å². The molecule has 1 aliphatic carbocycles. The number of rotatable bonds is 2. The number of halogens is 1. The van der Waals surface area contributed by atoms with Gasteiger partial charge >= 0.3 is 0 Å². The fourth-order valence-corrected chi connectivity index (χ4v) is 1.79. The number of nitrogens with zero attached hydrogens (tertiary/aromatic N) is 1. The van der Waals surface area contributed by atoms with Gasteiger partial charge in [0.1, 0.15) is 5.78 Å². The van der Waals surface area contributed by atoms with Crippen LogP contribution in [0.25, 0.3) is 0 Å². The Morgan fingerprint density at radius 1 is 1.71 bits per heavy atom. The van der Waals surface area contributed by atoms with Crippen LogP contribution in [0.5, 0.6) is 0 Å². The Labute approximate surface area is 86.4 Å². The maximum atomic E-state index is 11.2. The van der Waals surface area contributed by atoms with E-state index in [1.54, 1.807) is 6.92 Å². The zero-order valence-electron chi connectivity index (χ0n) is 7.86. The van der Waals surface area contributed by atoms with Crippen LogP contribution < -0.4 is 0 Å². The molecule has 0 heterocycles. The van der Waals surface area contributed by atoms with E-state index in [1.807, 2.05) is 0 Å². The first kappa shape index (κ1) is 10.9. The summed E-state index contributed by atoms with van der Waals surface area (Å²) in [5.41, 5.74) is -0.0694. The van der Waals surface area contributed by atoms with Crippen LogP contribution in [0.3, 0.4) is 0 Å². The molecule has 0 aromatic heterocycles. The van der Waals surface area contributed by atoms with Crippen LogP contribution in [0, 0.1) is 16.0 Å². The zero-order chi connectivity index (χ0) is 10.9. The highest BCUT2D eigenvalue weighted by atomic mass is 35.5. The van der Waals surface area contributed by atoms with Crippen LogP contribution in [0.1, 0.15) is 13.8 Å². The summed E-state index contributed by atoms with van der Waals surface area (Å²) in [4.78, 5) is 20.1. The maximum absolute atomic E-state index is 11.2. The summed E-state index contributed by atoms with van der Waals surface area (Å²) < 4.78 is 0. The van der Waals surface area contributed by atoms with Crippen molar-refractivity contribution in [3.63, 3.8) is 0 Å². The van der Waals surface area contributed by atoms with Crippen molar-refractivity contribution in [2.24, 2.45) is 5.92 Å². The molecule has 0 radical (unpaired) electrons. The van der Waals surface area contributed by atoms with Crippen LogP contribution in [-0.2, 0) is 4.79 Å². The van der Waals surface area contributed by atoms with Gasteiger partial charge in [0.25, 0.3) is 5.70 Å². The van der Waals surface area contributed by atoms with E-state index >= 15 is 0 Å². The molecule has 2 unspecified atom stereocenters. The third-order valence-electron chi connectivity index (χ3n) is 2.15. The van der Waals surface area contributed by atoms with E-state index in [1.165, 1.54) is 25.2 Å². The fourth-order valence-electron chi connectivity index (χ4n) is 1.46. The van der Waals surface area contributed by atoms with E-state index in [0.29, 0.717) is 0 Å². The molecule has 2 atom stereocenters. The van der Waals surface area contributed by atoms with Crippen LogP contribution in [0.4, 0.5) is 0 Å². The molecule has 0 N–H and O–H groups in total. The van der Waals surface area contributed by atoms with Crippen LogP contribution in [0.15, 0.2) is 23.9 Å². The Bertz CT molecular complexity index is 344. The Balaban J connectivity index is 3.04. The molecule has 4 nitrogen and oxygen atoms in total. The Morgan fingerprint density at radius 3 is 2.64 bits per heavy atom. The largest absolute Gasteiger partial charge is 0.299 e.